The molecule has 4 aromatic rings. The molecule has 2 aromatic carbocycles. The van der Waals surface area contributed by atoms with Crippen LogP contribution in [0.5, 0.6) is 5.75 Å². The fraction of sp³-hybridized carbons (Fsp3) is 0.174. The van der Waals surface area contributed by atoms with E-state index in [4.69, 9.17) is 9.47 Å². The molecule has 0 atom stereocenters. The number of nitrogens with one attached hydrogen (secondary N) is 1. The minimum absolute atomic E-state index is 0.130. The van der Waals surface area contributed by atoms with Gasteiger partial charge in [0.25, 0.3) is 0 Å². The number of carbonyl (C=O) groups excluding carboxylic acids is 2. The van der Waals surface area contributed by atoms with Gasteiger partial charge in [0.1, 0.15) is 5.75 Å². The van der Waals surface area contributed by atoms with Crippen LogP contribution < -0.4 is 4.74 Å². The Morgan fingerprint density at radius 1 is 1.10 bits per heavy atom. The van der Waals surface area contributed by atoms with Crippen LogP contribution in [0.15, 0.2) is 60.9 Å². The van der Waals surface area contributed by atoms with Crippen molar-refractivity contribution in [3.63, 3.8) is 0 Å². The number of hydrogen-bond donors (Lipinski definition) is 1. The van der Waals surface area contributed by atoms with Crippen LogP contribution in [0.1, 0.15) is 33.3 Å². The molecule has 0 saturated heterocycles. The van der Waals surface area contributed by atoms with Gasteiger partial charge in [0.05, 0.1) is 12.8 Å². The Kier molecular flexibility index (Phi) is 5.34. The molecule has 4 rings (SSSR count). The number of fused-ring (bicyclic) bond motifs is 1. The number of aromatic nitrogens is 3. The van der Waals surface area contributed by atoms with Gasteiger partial charge < -0.3 is 14.5 Å². The molecule has 0 fully saturated rings. The highest BCUT2D eigenvalue weighted by atomic mass is 16.5. The maximum Gasteiger partial charge on any atom is 0.359 e. The minimum atomic E-state index is -0.648. The summed E-state index contributed by atoms with van der Waals surface area (Å²) in [5, 5.41) is 5.07. The third-order valence-electron chi connectivity index (χ3n) is 4.95. The maximum atomic E-state index is 12.6. The molecule has 7 nitrogen and oxygen atoms in total. The number of rotatable bonds is 7. The van der Waals surface area contributed by atoms with E-state index in [1.165, 1.54) is 0 Å². The Labute approximate surface area is 173 Å². The van der Waals surface area contributed by atoms with E-state index in [2.05, 4.69) is 17.0 Å². The normalized spacial score (nSPS) is 10.9. The highest BCUT2D eigenvalue weighted by Crippen LogP contribution is 2.23. The average molecular weight is 403 g/mol. The molecule has 0 aliphatic rings. The molecule has 1 N–H and O–H groups in total. The number of nitrogens with zero attached hydrogens (tertiary/aromatic N) is 2. The summed E-state index contributed by atoms with van der Waals surface area (Å²) >= 11 is 0. The lowest BCUT2D eigenvalue weighted by Crippen LogP contribution is -2.14. The molecular formula is C23H21N3O4. The van der Waals surface area contributed by atoms with Gasteiger partial charge in [-0.3, -0.25) is 4.79 Å². The van der Waals surface area contributed by atoms with Gasteiger partial charge in [-0.25, -0.2) is 9.48 Å². The van der Waals surface area contributed by atoms with Gasteiger partial charge in [0, 0.05) is 28.9 Å². The zero-order chi connectivity index (χ0) is 21.1. The Balaban J connectivity index is 1.44. The van der Waals surface area contributed by atoms with Crippen molar-refractivity contribution < 1.29 is 19.1 Å². The van der Waals surface area contributed by atoms with Gasteiger partial charge in [-0.15, -0.1) is 0 Å². The Morgan fingerprint density at radius 2 is 1.90 bits per heavy atom. The molecule has 0 aliphatic heterocycles. The minimum Gasteiger partial charge on any atom is -0.497 e. The van der Waals surface area contributed by atoms with Crippen molar-refractivity contribution >= 4 is 22.7 Å². The van der Waals surface area contributed by atoms with Crippen LogP contribution >= 0.6 is 0 Å². The Morgan fingerprint density at radius 3 is 2.63 bits per heavy atom. The SMILES string of the molecule is CCc1cccc2c(C(=O)COC(=O)c3ccn(-c4ccc(OC)cc4)n3)c[nH]c12. The van der Waals surface area contributed by atoms with E-state index >= 15 is 0 Å². The molecule has 0 unspecified atom stereocenters. The summed E-state index contributed by atoms with van der Waals surface area (Å²) in [4.78, 5) is 28.1. The fourth-order valence-electron chi connectivity index (χ4n) is 3.34. The van der Waals surface area contributed by atoms with E-state index in [0.717, 1.165) is 34.3 Å². The first-order chi connectivity index (χ1) is 14.6. The lowest BCUT2D eigenvalue weighted by Gasteiger charge is -2.04. The summed E-state index contributed by atoms with van der Waals surface area (Å²) in [6.07, 6.45) is 4.18. The van der Waals surface area contributed by atoms with E-state index in [9.17, 15) is 9.59 Å². The van der Waals surface area contributed by atoms with Crippen LogP contribution in [0, 0.1) is 0 Å². The number of para-hydroxylation sites is 1. The number of ketones is 1. The monoisotopic (exact) mass is 403 g/mol. The van der Waals surface area contributed by atoms with Crippen LogP contribution in [0.4, 0.5) is 0 Å². The molecule has 0 bridgehead atoms. The zero-order valence-electron chi connectivity index (χ0n) is 16.7. The first-order valence-corrected chi connectivity index (χ1v) is 9.60. The van der Waals surface area contributed by atoms with E-state index in [1.54, 1.807) is 42.4 Å². The van der Waals surface area contributed by atoms with Gasteiger partial charge >= 0.3 is 5.97 Å². The summed E-state index contributed by atoms with van der Waals surface area (Å²) in [6.45, 7) is 1.71. The molecule has 152 valence electrons. The summed E-state index contributed by atoms with van der Waals surface area (Å²) < 4.78 is 11.9. The van der Waals surface area contributed by atoms with Gasteiger partial charge in [0.2, 0.25) is 5.78 Å². The summed E-state index contributed by atoms with van der Waals surface area (Å²) in [5.41, 5.74) is 3.49. The molecule has 0 amide bonds. The summed E-state index contributed by atoms with van der Waals surface area (Å²) in [5.74, 6) is -0.186. The van der Waals surface area contributed by atoms with Crippen molar-refractivity contribution in [1.82, 2.24) is 14.8 Å². The third kappa shape index (κ3) is 3.69. The van der Waals surface area contributed by atoms with Gasteiger partial charge in [-0.1, -0.05) is 25.1 Å². The number of H-pyrrole nitrogens is 1. The van der Waals surface area contributed by atoms with Crippen molar-refractivity contribution in [3.05, 3.63) is 77.7 Å². The van der Waals surface area contributed by atoms with Crippen LogP contribution in [0.25, 0.3) is 16.6 Å². The quantitative estimate of drug-likeness (QED) is 0.373. The Hall–Kier alpha value is -3.87. The smallest absolute Gasteiger partial charge is 0.359 e. The predicted octanol–water partition coefficient (Wildman–Crippen LogP) is 3.96. The lowest BCUT2D eigenvalue weighted by atomic mass is 10.1. The van der Waals surface area contributed by atoms with Crippen molar-refractivity contribution in [1.29, 1.82) is 0 Å². The van der Waals surface area contributed by atoms with Crippen molar-refractivity contribution in [3.8, 4) is 11.4 Å². The molecule has 0 radical (unpaired) electrons. The number of hydrogen-bond acceptors (Lipinski definition) is 5. The lowest BCUT2D eigenvalue weighted by molar-refractivity contribution is 0.0469. The van der Waals surface area contributed by atoms with Crippen molar-refractivity contribution in [2.75, 3.05) is 13.7 Å². The molecular weight excluding hydrogens is 382 g/mol. The fourth-order valence-corrected chi connectivity index (χ4v) is 3.34. The number of Topliss-reactive ketones (excluding diaryl/α,β-unsaturated/α-hetero) is 1. The number of ether oxygens (including phenoxy) is 2. The number of esters is 1. The molecule has 0 aliphatic carbocycles. The second-order valence-electron chi connectivity index (χ2n) is 6.74. The van der Waals surface area contributed by atoms with E-state index in [-0.39, 0.29) is 18.1 Å². The molecule has 7 heteroatoms. The van der Waals surface area contributed by atoms with Crippen molar-refractivity contribution in [2.24, 2.45) is 0 Å². The summed E-state index contributed by atoms with van der Waals surface area (Å²) in [7, 11) is 1.59. The number of aromatic amines is 1. The van der Waals surface area contributed by atoms with Gasteiger partial charge in [0.15, 0.2) is 12.3 Å². The third-order valence-corrected chi connectivity index (χ3v) is 4.95. The second-order valence-corrected chi connectivity index (χ2v) is 6.74. The molecule has 2 aromatic heterocycles. The summed E-state index contributed by atoms with van der Waals surface area (Å²) in [6, 6.07) is 14.6. The van der Waals surface area contributed by atoms with Gasteiger partial charge in [-0.05, 0) is 42.3 Å². The van der Waals surface area contributed by atoms with Crippen LogP contribution in [-0.4, -0.2) is 40.2 Å². The highest BCUT2D eigenvalue weighted by Gasteiger charge is 2.18. The van der Waals surface area contributed by atoms with E-state index in [1.807, 2.05) is 30.3 Å². The zero-order valence-corrected chi connectivity index (χ0v) is 16.7. The second kappa shape index (κ2) is 8.24. The van der Waals surface area contributed by atoms with E-state index < -0.39 is 5.97 Å². The first kappa shape index (κ1) is 19.4. The standard InChI is InChI=1S/C23H21N3O4/c1-3-15-5-4-6-18-19(13-24-22(15)18)21(27)14-30-23(28)20-11-12-26(25-20)16-7-9-17(29-2)10-8-16/h4-13,24H,3,14H2,1-2H3. The maximum absolute atomic E-state index is 12.6. The predicted molar refractivity (Wildman–Crippen MR) is 112 cm³/mol. The van der Waals surface area contributed by atoms with Crippen molar-refractivity contribution in [2.45, 2.75) is 13.3 Å². The molecule has 0 saturated carbocycles. The largest absolute Gasteiger partial charge is 0.497 e. The number of methoxy groups -OCH3 is 1. The molecule has 30 heavy (non-hydrogen) atoms. The number of benzene rings is 2. The average Bonchev–Trinajstić information content (AvgIpc) is 3.45. The van der Waals surface area contributed by atoms with E-state index in [0.29, 0.717) is 5.56 Å². The van der Waals surface area contributed by atoms with Crippen LogP contribution in [0.3, 0.4) is 0 Å². The first-order valence-electron chi connectivity index (χ1n) is 9.60. The molecule has 0 spiro atoms. The Bertz CT molecular complexity index is 1200. The van der Waals surface area contributed by atoms with Crippen LogP contribution in [0.2, 0.25) is 0 Å². The highest BCUT2D eigenvalue weighted by molar-refractivity contribution is 6.09. The topological polar surface area (TPSA) is 86.2 Å². The van der Waals surface area contributed by atoms with Gasteiger partial charge in [-0.2, -0.15) is 5.10 Å². The number of carbonyl (C=O) groups is 2. The number of aryl methyl sites for hydroxylation is 1. The molecule has 2 heterocycles. The van der Waals surface area contributed by atoms with Crippen LogP contribution in [-0.2, 0) is 11.2 Å².